The number of aryl methyl sites for hydroxylation is 1. The molecule has 1 aliphatic rings. The van der Waals surface area contributed by atoms with Crippen LogP contribution in [0.1, 0.15) is 47.4 Å². The van der Waals surface area contributed by atoms with E-state index in [0.29, 0.717) is 5.56 Å². The number of rotatable bonds is 4. The summed E-state index contributed by atoms with van der Waals surface area (Å²) in [5.74, 6) is 0.784. The van der Waals surface area contributed by atoms with E-state index in [1.54, 1.807) is 6.20 Å². The molecule has 0 spiro atoms. The van der Waals surface area contributed by atoms with Gasteiger partial charge >= 0.3 is 0 Å². The van der Waals surface area contributed by atoms with E-state index in [1.807, 2.05) is 61.0 Å². The molecule has 0 saturated carbocycles. The van der Waals surface area contributed by atoms with Crippen LogP contribution in [-0.4, -0.2) is 33.8 Å². The van der Waals surface area contributed by atoms with Crippen molar-refractivity contribution in [1.82, 2.24) is 14.8 Å². The van der Waals surface area contributed by atoms with Crippen LogP contribution in [0.3, 0.4) is 0 Å². The number of hydrogen-bond acceptors (Lipinski definition) is 4. The van der Waals surface area contributed by atoms with E-state index in [0.717, 1.165) is 41.7 Å². The predicted octanol–water partition coefficient (Wildman–Crippen LogP) is 4.52. The number of carbonyl (C=O) groups is 1. The average molecular weight is 390 g/mol. The van der Waals surface area contributed by atoms with Gasteiger partial charge in [-0.15, -0.1) is 0 Å². The zero-order valence-corrected chi connectivity index (χ0v) is 17.1. The second-order valence-corrected chi connectivity index (χ2v) is 7.55. The Kier molecular flexibility index (Phi) is 5.60. The van der Waals surface area contributed by atoms with Crippen LogP contribution in [0.4, 0.5) is 11.5 Å². The fraction of sp³-hybridized carbons (Fsp3) is 0.348. The van der Waals surface area contributed by atoms with Gasteiger partial charge in [-0.2, -0.15) is 5.10 Å². The number of aromatic nitrogens is 3. The molecular formula is C23H27N5O. The summed E-state index contributed by atoms with van der Waals surface area (Å²) >= 11 is 0. The zero-order valence-electron chi connectivity index (χ0n) is 17.1. The van der Waals surface area contributed by atoms with Crippen molar-refractivity contribution >= 4 is 17.4 Å². The molecule has 0 unspecified atom stereocenters. The number of anilines is 2. The zero-order chi connectivity index (χ0) is 20.2. The largest absolute Gasteiger partial charge is 0.357 e. The van der Waals surface area contributed by atoms with Gasteiger partial charge in [0.1, 0.15) is 5.82 Å². The van der Waals surface area contributed by atoms with Crippen LogP contribution in [0.2, 0.25) is 0 Å². The van der Waals surface area contributed by atoms with Crippen molar-refractivity contribution < 1.29 is 4.79 Å². The highest BCUT2D eigenvalue weighted by Crippen LogP contribution is 2.24. The molecule has 6 nitrogen and oxygen atoms in total. The Balaban J connectivity index is 1.50. The first kappa shape index (κ1) is 19.2. The third kappa shape index (κ3) is 4.16. The van der Waals surface area contributed by atoms with Crippen LogP contribution in [0.15, 0.2) is 48.7 Å². The van der Waals surface area contributed by atoms with Crippen molar-refractivity contribution in [3.8, 4) is 5.69 Å². The SMILES string of the molecule is Cc1nn(-c2ccccc2)c(C)c1NC(=O)c1ccc(N2CCCCCC2)nc1. The van der Waals surface area contributed by atoms with Crippen molar-refractivity contribution in [2.24, 2.45) is 0 Å². The Morgan fingerprint density at radius 3 is 2.34 bits per heavy atom. The molecular weight excluding hydrogens is 362 g/mol. The molecule has 2 aromatic heterocycles. The Labute approximate surface area is 171 Å². The first-order valence-corrected chi connectivity index (χ1v) is 10.3. The highest BCUT2D eigenvalue weighted by molar-refractivity contribution is 6.04. The topological polar surface area (TPSA) is 63.1 Å². The Morgan fingerprint density at radius 1 is 0.966 bits per heavy atom. The minimum Gasteiger partial charge on any atom is -0.357 e. The Morgan fingerprint density at radius 2 is 1.69 bits per heavy atom. The Bertz CT molecular complexity index is 971. The van der Waals surface area contributed by atoms with Crippen LogP contribution in [-0.2, 0) is 0 Å². The summed E-state index contributed by atoms with van der Waals surface area (Å²) < 4.78 is 1.85. The summed E-state index contributed by atoms with van der Waals surface area (Å²) in [5.41, 5.74) is 3.95. The van der Waals surface area contributed by atoms with Crippen LogP contribution >= 0.6 is 0 Å². The number of pyridine rings is 1. The first-order chi connectivity index (χ1) is 14.1. The fourth-order valence-corrected chi connectivity index (χ4v) is 3.84. The van der Waals surface area contributed by atoms with E-state index in [4.69, 9.17) is 0 Å². The van der Waals surface area contributed by atoms with E-state index >= 15 is 0 Å². The quantitative estimate of drug-likeness (QED) is 0.713. The number of para-hydroxylation sites is 1. The highest BCUT2D eigenvalue weighted by Gasteiger charge is 2.17. The van der Waals surface area contributed by atoms with E-state index in [9.17, 15) is 4.79 Å². The van der Waals surface area contributed by atoms with Crippen molar-refractivity contribution in [2.75, 3.05) is 23.3 Å². The molecule has 1 N–H and O–H groups in total. The van der Waals surface area contributed by atoms with E-state index < -0.39 is 0 Å². The van der Waals surface area contributed by atoms with Gasteiger partial charge in [0.2, 0.25) is 0 Å². The molecule has 150 valence electrons. The average Bonchev–Trinajstić information content (AvgIpc) is 2.95. The highest BCUT2D eigenvalue weighted by atomic mass is 16.1. The van der Waals surface area contributed by atoms with E-state index in [-0.39, 0.29) is 5.91 Å². The number of benzene rings is 1. The molecule has 1 fully saturated rings. The van der Waals surface area contributed by atoms with Gasteiger partial charge < -0.3 is 10.2 Å². The lowest BCUT2D eigenvalue weighted by Crippen LogP contribution is -2.25. The van der Waals surface area contributed by atoms with Gasteiger partial charge in [0, 0.05) is 19.3 Å². The van der Waals surface area contributed by atoms with Crippen LogP contribution in [0.25, 0.3) is 5.69 Å². The fourth-order valence-electron chi connectivity index (χ4n) is 3.84. The summed E-state index contributed by atoms with van der Waals surface area (Å²) in [6.45, 7) is 5.94. The second-order valence-electron chi connectivity index (χ2n) is 7.55. The van der Waals surface area contributed by atoms with Crippen molar-refractivity contribution in [3.05, 3.63) is 65.6 Å². The third-order valence-electron chi connectivity index (χ3n) is 5.47. The molecule has 0 radical (unpaired) electrons. The van der Waals surface area contributed by atoms with Gasteiger partial charge in [-0.05, 0) is 51.0 Å². The molecule has 1 amide bonds. The standard InChI is InChI=1S/C23H27N5O/c1-17-22(18(2)28(26-17)20-10-6-5-7-11-20)25-23(29)19-12-13-21(24-16-19)27-14-8-3-4-9-15-27/h5-7,10-13,16H,3-4,8-9,14-15H2,1-2H3,(H,25,29). The third-order valence-corrected chi connectivity index (χ3v) is 5.47. The lowest BCUT2D eigenvalue weighted by molar-refractivity contribution is 0.102. The normalized spacial score (nSPS) is 14.5. The number of nitrogens with zero attached hydrogens (tertiary/aromatic N) is 4. The monoisotopic (exact) mass is 389 g/mol. The molecule has 3 heterocycles. The molecule has 3 aromatic rings. The van der Waals surface area contributed by atoms with Gasteiger partial charge in [-0.3, -0.25) is 4.79 Å². The van der Waals surface area contributed by atoms with Gasteiger partial charge in [0.05, 0.1) is 28.3 Å². The lowest BCUT2D eigenvalue weighted by Gasteiger charge is -2.21. The summed E-state index contributed by atoms with van der Waals surface area (Å²) in [7, 11) is 0. The predicted molar refractivity (Wildman–Crippen MR) is 116 cm³/mol. The molecule has 4 rings (SSSR count). The summed E-state index contributed by atoms with van der Waals surface area (Å²) in [6, 6.07) is 13.7. The second kappa shape index (κ2) is 8.47. The summed E-state index contributed by atoms with van der Waals surface area (Å²) in [6.07, 6.45) is 6.64. The van der Waals surface area contributed by atoms with E-state index in [1.165, 1.54) is 25.7 Å². The van der Waals surface area contributed by atoms with Crippen LogP contribution in [0, 0.1) is 13.8 Å². The first-order valence-electron chi connectivity index (χ1n) is 10.3. The maximum atomic E-state index is 12.8. The van der Waals surface area contributed by atoms with Crippen molar-refractivity contribution in [2.45, 2.75) is 39.5 Å². The van der Waals surface area contributed by atoms with E-state index in [2.05, 4.69) is 20.3 Å². The number of carbonyl (C=O) groups excluding carboxylic acids is 1. The van der Waals surface area contributed by atoms with Gasteiger partial charge in [-0.25, -0.2) is 9.67 Å². The molecule has 1 aromatic carbocycles. The van der Waals surface area contributed by atoms with Gasteiger partial charge in [0.25, 0.3) is 5.91 Å². The lowest BCUT2D eigenvalue weighted by atomic mass is 10.2. The number of hydrogen-bond donors (Lipinski definition) is 1. The number of amides is 1. The molecule has 1 saturated heterocycles. The summed E-state index contributed by atoms with van der Waals surface area (Å²) in [5, 5.41) is 7.61. The molecule has 0 aliphatic carbocycles. The molecule has 6 heteroatoms. The Hall–Kier alpha value is -3.15. The van der Waals surface area contributed by atoms with Gasteiger partial charge in [-0.1, -0.05) is 31.0 Å². The summed E-state index contributed by atoms with van der Waals surface area (Å²) in [4.78, 5) is 19.7. The molecule has 0 atom stereocenters. The molecule has 1 aliphatic heterocycles. The van der Waals surface area contributed by atoms with Crippen molar-refractivity contribution in [1.29, 1.82) is 0 Å². The maximum Gasteiger partial charge on any atom is 0.257 e. The van der Waals surface area contributed by atoms with Gasteiger partial charge in [0.15, 0.2) is 0 Å². The molecule has 0 bridgehead atoms. The van der Waals surface area contributed by atoms with Crippen LogP contribution in [0.5, 0.6) is 0 Å². The maximum absolute atomic E-state index is 12.8. The van der Waals surface area contributed by atoms with Crippen LogP contribution < -0.4 is 10.2 Å². The minimum absolute atomic E-state index is 0.168. The van der Waals surface area contributed by atoms with Crippen molar-refractivity contribution in [3.63, 3.8) is 0 Å². The number of nitrogens with one attached hydrogen (secondary N) is 1. The smallest absolute Gasteiger partial charge is 0.257 e. The minimum atomic E-state index is -0.168. The molecule has 29 heavy (non-hydrogen) atoms.